The first-order valence-electron chi connectivity index (χ1n) is 3.16. The average molecular weight is 164 g/mol. The number of hydrogen-bond donors (Lipinski definition) is 1. The van der Waals surface area contributed by atoms with Gasteiger partial charge in [-0.25, -0.2) is 0 Å². The Kier molecular flexibility index (Phi) is 8.07. The van der Waals surface area contributed by atoms with Crippen LogP contribution in [0.3, 0.4) is 0 Å². The Labute approximate surface area is 67.9 Å². The van der Waals surface area contributed by atoms with Gasteiger partial charge >= 0.3 is 0 Å². The lowest BCUT2D eigenvalue weighted by molar-refractivity contribution is -0.114. The maximum atomic E-state index is 10.3. The fourth-order valence-electron chi connectivity index (χ4n) is 0.513. The smallest absolute Gasteiger partial charge is 0.244 e. The van der Waals surface area contributed by atoms with E-state index < -0.39 is 0 Å². The summed E-state index contributed by atoms with van der Waals surface area (Å²) in [5.41, 5.74) is 5.48. The third kappa shape index (κ3) is 5.63. The predicted octanol–water partition coefficient (Wildman–Crippen LogP) is 1.64. The highest BCUT2D eigenvalue weighted by Crippen LogP contribution is 2.02. The van der Waals surface area contributed by atoms with E-state index in [0.717, 1.165) is 19.3 Å². The van der Waals surface area contributed by atoms with Crippen LogP contribution in [0.15, 0.2) is 12.2 Å². The van der Waals surface area contributed by atoms with Crippen LogP contribution in [0, 0.1) is 0 Å². The Hall–Kier alpha value is -0.500. The second-order valence-electron chi connectivity index (χ2n) is 2.07. The van der Waals surface area contributed by atoms with Crippen LogP contribution >= 0.6 is 12.4 Å². The van der Waals surface area contributed by atoms with Gasteiger partial charge in [-0.2, -0.15) is 0 Å². The normalized spacial score (nSPS) is 8.10. The van der Waals surface area contributed by atoms with Gasteiger partial charge < -0.3 is 5.73 Å². The molecule has 0 saturated heterocycles. The van der Waals surface area contributed by atoms with E-state index in [2.05, 4.69) is 13.5 Å². The van der Waals surface area contributed by atoms with Crippen LogP contribution in [0.1, 0.15) is 26.2 Å². The minimum Gasteiger partial charge on any atom is -0.366 e. The zero-order chi connectivity index (χ0) is 7.28. The summed E-state index contributed by atoms with van der Waals surface area (Å²) in [6, 6.07) is 0. The van der Waals surface area contributed by atoms with E-state index in [4.69, 9.17) is 5.73 Å². The monoisotopic (exact) mass is 163 g/mol. The molecule has 0 unspecified atom stereocenters. The highest BCUT2D eigenvalue weighted by molar-refractivity contribution is 5.91. The zero-order valence-corrected chi connectivity index (χ0v) is 7.04. The maximum Gasteiger partial charge on any atom is 0.244 e. The Morgan fingerprint density at radius 2 is 2.10 bits per heavy atom. The number of primary amides is 1. The molecule has 0 heterocycles. The molecule has 0 bridgehead atoms. The molecule has 2 nitrogen and oxygen atoms in total. The van der Waals surface area contributed by atoms with Gasteiger partial charge in [-0.1, -0.05) is 19.9 Å². The number of nitrogens with two attached hydrogens (primary N) is 1. The second-order valence-corrected chi connectivity index (χ2v) is 2.07. The summed E-state index contributed by atoms with van der Waals surface area (Å²) in [7, 11) is 0. The van der Waals surface area contributed by atoms with Gasteiger partial charge in [0.2, 0.25) is 5.91 Å². The van der Waals surface area contributed by atoms with Crippen molar-refractivity contribution in [1.82, 2.24) is 0 Å². The lowest BCUT2D eigenvalue weighted by atomic mass is 10.1. The summed E-state index contributed by atoms with van der Waals surface area (Å²) in [6.45, 7) is 5.58. The Bertz CT molecular complexity index is 123. The van der Waals surface area contributed by atoms with E-state index in [-0.39, 0.29) is 18.3 Å². The third-order valence-corrected chi connectivity index (χ3v) is 1.18. The first-order chi connectivity index (χ1) is 4.18. The lowest BCUT2D eigenvalue weighted by Crippen LogP contribution is -2.12. The summed E-state index contributed by atoms with van der Waals surface area (Å²) >= 11 is 0. The predicted molar refractivity (Wildman–Crippen MR) is 45.1 cm³/mol. The molecule has 0 aromatic heterocycles. The summed E-state index contributed by atoms with van der Waals surface area (Å²) in [4.78, 5) is 10.3. The van der Waals surface area contributed by atoms with E-state index in [1.165, 1.54) is 0 Å². The standard InChI is InChI=1S/C7H13NO.ClH/c1-3-4-5-6(2)7(8)9;/h2-5H2,1H3,(H2,8,9);1H. The Morgan fingerprint density at radius 3 is 2.40 bits per heavy atom. The Morgan fingerprint density at radius 1 is 1.60 bits per heavy atom. The minimum absolute atomic E-state index is 0. The summed E-state index contributed by atoms with van der Waals surface area (Å²) < 4.78 is 0. The number of rotatable bonds is 4. The van der Waals surface area contributed by atoms with Gasteiger partial charge in [0.25, 0.3) is 0 Å². The molecule has 0 rings (SSSR count). The molecule has 1 amide bonds. The zero-order valence-electron chi connectivity index (χ0n) is 6.22. The third-order valence-electron chi connectivity index (χ3n) is 1.18. The van der Waals surface area contributed by atoms with Crippen LogP contribution in [0.5, 0.6) is 0 Å². The van der Waals surface area contributed by atoms with Crippen LogP contribution < -0.4 is 5.73 Å². The summed E-state index contributed by atoms with van der Waals surface area (Å²) in [6.07, 6.45) is 2.82. The first kappa shape index (κ1) is 12.2. The van der Waals surface area contributed by atoms with Crippen LogP contribution in [0.2, 0.25) is 0 Å². The fourth-order valence-corrected chi connectivity index (χ4v) is 0.513. The number of halogens is 1. The molecular formula is C7H14ClNO. The molecule has 0 atom stereocenters. The molecular weight excluding hydrogens is 150 g/mol. The molecule has 0 fully saturated rings. The molecule has 2 N–H and O–H groups in total. The van der Waals surface area contributed by atoms with E-state index in [1.807, 2.05) is 0 Å². The molecule has 3 heteroatoms. The average Bonchev–Trinajstić information content (AvgIpc) is 1.82. The molecule has 0 radical (unpaired) electrons. The largest absolute Gasteiger partial charge is 0.366 e. The van der Waals surface area contributed by atoms with E-state index in [0.29, 0.717) is 5.57 Å². The van der Waals surface area contributed by atoms with E-state index >= 15 is 0 Å². The van der Waals surface area contributed by atoms with Gasteiger partial charge in [0.05, 0.1) is 0 Å². The van der Waals surface area contributed by atoms with Crippen molar-refractivity contribution < 1.29 is 4.79 Å². The lowest BCUT2D eigenvalue weighted by Gasteiger charge is -1.96. The van der Waals surface area contributed by atoms with E-state index in [9.17, 15) is 4.79 Å². The van der Waals surface area contributed by atoms with Crippen molar-refractivity contribution in [3.8, 4) is 0 Å². The van der Waals surface area contributed by atoms with Crippen LogP contribution in [0.25, 0.3) is 0 Å². The van der Waals surface area contributed by atoms with E-state index in [1.54, 1.807) is 0 Å². The number of amides is 1. The maximum absolute atomic E-state index is 10.3. The number of carbonyl (C=O) groups excluding carboxylic acids is 1. The fraction of sp³-hybridized carbons (Fsp3) is 0.571. The molecule has 0 saturated carbocycles. The van der Waals surface area contributed by atoms with Crippen LogP contribution in [-0.4, -0.2) is 5.91 Å². The number of hydrogen-bond acceptors (Lipinski definition) is 1. The van der Waals surface area contributed by atoms with Crippen molar-refractivity contribution in [2.45, 2.75) is 26.2 Å². The molecule has 60 valence electrons. The van der Waals surface area contributed by atoms with Gasteiger partial charge in [-0.05, 0) is 12.8 Å². The van der Waals surface area contributed by atoms with Gasteiger partial charge in [0, 0.05) is 5.57 Å². The molecule has 10 heavy (non-hydrogen) atoms. The molecule has 0 aliphatic carbocycles. The SMILES string of the molecule is C=C(CCCC)C(N)=O.Cl. The van der Waals surface area contributed by atoms with Gasteiger partial charge in [0.1, 0.15) is 0 Å². The van der Waals surface area contributed by atoms with Gasteiger partial charge in [0.15, 0.2) is 0 Å². The summed E-state index contributed by atoms with van der Waals surface area (Å²) in [5, 5.41) is 0. The van der Waals surface area contributed by atoms with Crippen LogP contribution in [-0.2, 0) is 4.79 Å². The van der Waals surface area contributed by atoms with Crippen LogP contribution in [0.4, 0.5) is 0 Å². The van der Waals surface area contributed by atoms with Crippen molar-refractivity contribution in [2.75, 3.05) is 0 Å². The number of carbonyl (C=O) groups is 1. The quantitative estimate of drug-likeness (QED) is 0.630. The highest BCUT2D eigenvalue weighted by atomic mass is 35.5. The first-order valence-corrected chi connectivity index (χ1v) is 3.16. The molecule has 0 aromatic rings. The minimum atomic E-state index is -0.372. The Balaban J connectivity index is 0. The second kappa shape index (κ2) is 6.62. The van der Waals surface area contributed by atoms with Crippen molar-refractivity contribution in [1.29, 1.82) is 0 Å². The molecule has 0 aliphatic heterocycles. The summed E-state index contributed by atoms with van der Waals surface area (Å²) in [5.74, 6) is -0.372. The van der Waals surface area contributed by atoms with Crippen molar-refractivity contribution in [2.24, 2.45) is 5.73 Å². The van der Waals surface area contributed by atoms with Gasteiger partial charge in [-0.3, -0.25) is 4.79 Å². The van der Waals surface area contributed by atoms with Crippen molar-refractivity contribution in [3.63, 3.8) is 0 Å². The van der Waals surface area contributed by atoms with Crippen molar-refractivity contribution >= 4 is 18.3 Å². The molecule has 0 spiro atoms. The highest BCUT2D eigenvalue weighted by Gasteiger charge is 1.98. The van der Waals surface area contributed by atoms with Gasteiger partial charge in [-0.15, -0.1) is 12.4 Å². The van der Waals surface area contributed by atoms with Crippen molar-refractivity contribution in [3.05, 3.63) is 12.2 Å². The molecule has 0 aliphatic rings. The molecule has 0 aromatic carbocycles. The number of unbranched alkanes of at least 4 members (excludes halogenated alkanes) is 1. The topological polar surface area (TPSA) is 43.1 Å².